The highest BCUT2D eigenvalue weighted by Crippen LogP contribution is 2.25. The summed E-state index contributed by atoms with van der Waals surface area (Å²) in [7, 11) is -3.22. The SMILES string of the molecule is CCCNCC1CCCN(S(=O)(=O)N2CCC(C)C2)C1. The van der Waals surface area contributed by atoms with E-state index in [9.17, 15) is 8.42 Å². The van der Waals surface area contributed by atoms with Crippen LogP contribution in [-0.2, 0) is 10.2 Å². The molecule has 0 aromatic rings. The third-order valence-corrected chi connectivity index (χ3v) is 6.35. The molecule has 118 valence electrons. The summed E-state index contributed by atoms with van der Waals surface area (Å²) < 4.78 is 28.7. The van der Waals surface area contributed by atoms with Gasteiger partial charge in [0.05, 0.1) is 0 Å². The van der Waals surface area contributed by atoms with Gasteiger partial charge in [-0.1, -0.05) is 13.8 Å². The van der Waals surface area contributed by atoms with Gasteiger partial charge in [-0.3, -0.25) is 0 Å². The molecule has 2 atom stereocenters. The lowest BCUT2D eigenvalue weighted by Gasteiger charge is -2.34. The van der Waals surface area contributed by atoms with E-state index in [1.807, 2.05) is 0 Å². The molecule has 0 bridgehead atoms. The Morgan fingerprint density at radius 2 is 1.90 bits per heavy atom. The van der Waals surface area contributed by atoms with Crippen LogP contribution in [0.2, 0.25) is 0 Å². The van der Waals surface area contributed by atoms with Crippen molar-refractivity contribution in [2.45, 2.75) is 39.5 Å². The predicted octanol–water partition coefficient (Wildman–Crippen LogP) is 1.28. The minimum absolute atomic E-state index is 0.463. The monoisotopic (exact) mass is 303 g/mol. The molecule has 2 aliphatic rings. The predicted molar refractivity (Wildman–Crippen MR) is 81.7 cm³/mol. The van der Waals surface area contributed by atoms with E-state index in [1.165, 1.54) is 0 Å². The Kier molecular flexibility index (Phi) is 5.84. The molecule has 0 aromatic heterocycles. The molecule has 6 heteroatoms. The quantitative estimate of drug-likeness (QED) is 0.752. The molecule has 0 saturated carbocycles. The molecule has 20 heavy (non-hydrogen) atoms. The first-order valence-corrected chi connectivity index (χ1v) is 9.39. The van der Waals surface area contributed by atoms with Crippen molar-refractivity contribution in [3.63, 3.8) is 0 Å². The molecule has 2 unspecified atom stereocenters. The third kappa shape index (κ3) is 3.93. The standard InChI is InChI=1S/C14H29N3O2S/c1-3-7-15-10-14-5-4-8-16(12-14)20(18,19)17-9-6-13(2)11-17/h13-15H,3-12H2,1-2H3. The van der Waals surface area contributed by atoms with E-state index >= 15 is 0 Å². The second-order valence-corrected chi connectivity index (χ2v) is 8.26. The molecule has 2 aliphatic heterocycles. The normalized spacial score (nSPS) is 29.9. The van der Waals surface area contributed by atoms with Gasteiger partial charge in [0.25, 0.3) is 10.2 Å². The highest BCUT2D eigenvalue weighted by Gasteiger charge is 2.36. The number of hydrogen-bond donors (Lipinski definition) is 1. The number of nitrogens with one attached hydrogen (secondary N) is 1. The fraction of sp³-hybridized carbons (Fsp3) is 1.00. The van der Waals surface area contributed by atoms with Gasteiger partial charge in [0, 0.05) is 26.2 Å². The summed E-state index contributed by atoms with van der Waals surface area (Å²) in [5.41, 5.74) is 0. The fourth-order valence-corrected chi connectivity index (χ4v) is 5.02. The molecule has 0 aromatic carbocycles. The topological polar surface area (TPSA) is 52.7 Å². The van der Waals surface area contributed by atoms with E-state index in [1.54, 1.807) is 8.61 Å². The molecule has 5 nitrogen and oxygen atoms in total. The van der Waals surface area contributed by atoms with Crippen LogP contribution in [0.1, 0.15) is 39.5 Å². The molecule has 0 aliphatic carbocycles. The highest BCUT2D eigenvalue weighted by molar-refractivity contribution is 7.86. The Balaban J connectivity index is 1.90. The van der Waals surface area contributed by atoms with Crippen LogP contribution in [0.3, 0.4) is 0 Å². The molecular formula is C14H29N3O2S. The van der Waals surface area contributed by atoms with Gasteiger partial charge < -0.3 is 5.32 Å². The van der Waals surface area contributed by atoms with Crippen LogP contribution in [-0.4, -0.2) is 56.3 Å². The van der Waals surface area contributed by atoms with Gasteiger partial charge in [0.15, 0.2) is 0 Å². The number of piperidine rings is 1. The fourth-order valence-electron chi connectivity index (χ4n) is 3.15. The highest BCUT2D eigenvalue weighted by atomic mass is 32.2. The maximum atomic E-state index is 12.6. The van der Waals surface area contributed by atoms with Crippen LogP contribution < -0.4 is 5.32 Å². The van der Waals surface area contributed by atoms with E-state index in [0.717, 1.165) is 38.8 Å². The van der Waals surface area contributed by atoms with Crippen LogP contribution in [0.4, 0.5) is 0 Å². The van der Waals surface area contributed by atoms with E-state index in [0.29, 0.717) is 38.0 Å². The van der Waals surface area contributed by atoms with E-state index in [2.05, 4.69) is 19.2 Å². The second-order valence-electron chi connectivity index (χ2n) is 6.33. The number of rotatable bonds is 6. The van der Waals surface area contributed by atoms with Crippen LogP contribution in [0.5, 0.6) is 0 Å². The molecule has 0 amide bonds. The largest absolute Gasteiger partial charge is 0.316 e. The molecule has 2 rings (SSSR count). The zero-order valence-electron chi connectivity index (χ0n) is 12.8. The van der Waals surface area contributed by atoms with Crippen molar-refractivity contribution in [1.29, 1.82) is 0 Å². The van der Waals surface area contributed by atoms with Crippen molar-refractivity contribution in [1.82, 2.24) is 13.9 Å². The lowest BCUT2D eigenvalue weighted by Crippen LogP contribution is -2.48. The molecule has 1 N–H and O–H groups in total. The summed E-state index contributed by atoms with van der Waals surface area (Å²) in [4.78, 5) is 0. The Morgan fingerprint density at radius 3 is 2.55 bits per heavy atom. The lowest BCUT2D eigenvalue weighted by atomic mass is 10.00. The summed E-state index contributed by atoms with van der Waals surface area (Å²) in [5.74, 6) is 0.960. The second kappa shape index (κ2) is 7.20. The average molecular weight is 303 g/mol. The first kappa shape index (κ1) is 16.2. The van der Waals surface area contributed by atoms with Crippen LogP contribution in [0.15, 0.2) is 0 Å². The average Bonchev–Trinajstić information content (AvgIpc) is 2.87. The van der Waals surface area contributed by atoms with Crippen molar-refractivity contribution < 1.29 is 8.42 Å². The number of hydrogen-bond acceptors (Lipinski definition) is 3. The van der Waals surface area contributed by atoms with Crippen LogP contribution in [0.25, 0.3) is 0 Å². The maximum Gasteiger partial charge on any atom is 0.281 e. The molecule has 2 saturated heterocycles. The first-order chi connectivity index (χ1) is 9.54. The summed E-state index contributed by atoms with van der Waals surface area (Å²) >= 11 is 0. The summed E-state index contributed by atoms with van der Waals surface area (Å²) in [6.07, 6.45) is 4.25. The zero-order chi connectivity index (χ0) is 14.6. The molecule has 0 radical (unpaired) electrons. The van der Waals surface area contributed by atoms with Crippen LogP contribution >= 0.6 is 0 Å². The number of nitrogens with zero attached hydrogens (tertiary/aromatic N) is 2. The Hall–Kier alpha value is -0.170. The Bertz CT molecular complexity index is 399. The smallest absolute Gasteiger partial charge is 0.281 e. The molecular weight excluding hydrogens is 274 g/mol. The van der Waals surface area contributed by atoms with Gasteiger partial charge >= 0.3 is 0 Å². The summed E-state index contributed by atoms with van der Waals surface area (Å²) in [6.45, 7) is 9.00. The lowest BCUT2D eigenvalue weighted by molar-refractivity contribution is 0.246. The summed E-state index contributed by atoms with van der Waals surface area (Å²) in [6, 6.07) is 0. The van der Waals surface area contributed by atoms with Crippen molar-refractivity contribution >= 4 is 10.2 Å². The van der Waals surface area contributed by atoms with Gasteiger partial charge in [-0.05, 0) is 50.6 Å². The van der Waals surface area contributed by atoms with Gasteiger partial charge in [-0.2, -0.15) is 17.0 Å². The Labute approximate surface area is 123 Å². The minimum Gasteiger partial charge on any atom is -0.316 e. The van der Waals surface area contributed by atoms with E-state index in [4.69, 9.17) is 0 Å². The van der Waals surface area contributed by atoms with Gasteiger partial charge in [-0.25, -0.2) is 0 Å². The Morgan fingerprint density at radius 1 is 1.15 bits per heavy atom. The third-order valence-electron chi connectivity index (χ3n) is 4.38. The van der Waals surface area contributed by atoms with E-state index < -0.39 is 10.2 Å². The first-order valence-electron chi connectivity index (χ1n) is 8.00. The molecule has 0 spiro atoms. The van der Waals surface area contributed by atoms with Crippen molar-refractivity contribution in [3.8, 4) is 0 Å². The van der Waals surface area contributed by atoms with Gasteiger partial charge in [0.2, 0.25) is 0 Å². The molecule has 2 fully saturated rings. The van der Waals surface area contributed by atoms with Gasteiger partial charge in [-0.15, -0.1) is 0 Å². The minimum atomic E-state index is -3.22. The van der Waals surface area contributed by atoms with Gasteiger partial charge in [0.1, 0.15) is 0 Å². The van der Waals surface area contributed by atoms with Crippen molar-refractivity contribution in [2.75, 3.05) is 39.3 Å². The van der Waals surface area contributed by atoms with Crippen molar-refractivity contribution in [3.05, 3.63) is 0 Å². The molecule has 2 heterocycles. The maximum absolute atomic E-state index is 12.6. The van der Waals surface area contributed by atoms with E-state index in [-0.39, 0.29) is 0 Å². The van der Waals surface area contributed by atoms with Crippen LogP contribution in [0, 0.1) is 11.8 Å². The zero-order valence-corrected chi connectivity index (χ0v) is 13.7. The van der Waals surface area contributed by atoms with Crippen molar-refractivity contribution in [2.24, 2.45) is 11.8 Å². The summed E-state index contributed by atoms with van der Waals surface area (Å²) in [5, 5.41) is 3.42.